The molecule has 0 atom stereocenters. The van der Waals surface area contributed by atoms with Crippen LogP contribution in [0.1, 0.15) is 22.0 Å². The molecule has 6 nitrogen and oxygen atoms in total. The summed E-state index contributed by atoms with van der Waals surface area (Å²) in [6.45, 7) is 3.61. The molecule has 0 fully saturated rings. The van der Waals surface area contributed by atoms with E-state index in [0.717, 1.165) is 5.69 Å². The maximum absolute atomic E-state index is 11.7. The number of aryl methyl sites for hydroxylation is 2. The van der Waals surface area contributed by atoms with Gasteiger partial charge in [-0.25, -0.2) is 9.97 Å². The number of hydrogen-bond acceptors (Lipinski definition) is 4. The van der Waals surface area contributed by atoms with Crippen molar-refractivity contribution in [2.24, 2.45) is 0 Å². The van der Waals surface area contributed by atoms with Crippen molar-refractivity contribution in [2.45, 2.75) is 13.8 Å². The van der Waals surface area contributed by atoms with Crippen LogP contribution in [0, 0.1) is 13.8 Å². The number of nitrogens with one attached hydrogen (secondary N) is 2. The smallest absolute Gasteiger partial charge is 0.276 e. The molecular weight excluding hydrogens is 206 g/mol. The fourth-order valence-corrected chi connectivity index (χ4v) is 1.19. The molecule has 0 spiro atoms. The van der Waals surface area contributed by atoms with Gasteiger partial charge in [-0.15, -0.1) is 0 Å². The highest BCUT2D eigenvalue weighted by Crippen LogP contribution is 2.05. The van der Waals surface area contributed by atoms with E-state index in [1.54, 1.807) is 25.4 Å². The van der Waals surface area contributed by atoms with Crippen LogP contribution in [0.4, 0.5) is 5.69 Å². The van der Waals surface area contributed by atoms with Gasteiger partial charge in [0.25, 0.3) is 5.91 Å². The molecule has 2 heterocycles. The Kier molecular flexibility index (Phi) is 2.63. The molecule has 0 aromatic carbocycles. The van der Waals surface area contributed by atoms with Crippen LogP contribution in [0.15, 0.2) is 18.5 Å². The number of hydrogen-bond donors (Lipinski definition) is 2. The predicted octanol–water partition coefficient (Wildman–Crippen LogP) is 1.07. The minimum absolute atomic E-state index is 0.281. The molecule has 0 aliphatic heterocycles. The van der Waals surface area contributed by atoms with Gasteiger partial charge in [0.1, 0.15) is 5.82 Å². The summed E-state index contributed by atoms with van der Waals surface area (Å²) in [5, 5.41) is 9.21. The van der Waals surface area contributed by atoms with Crippen LogP contribution >= 0.6 is 0 Å². The predicted molar refractivity (Wildman–Crippen MR) is 58.0 cm³/mol. The van der Waals surface area contributed by atoms with E-state index >= 15 is 0 Å². The summed E-state index contributed by atoms with van der Waals surface area (Å²) in [7, 11) is 0. The second-order valence-electron chi connectivity index (χ2n) is 3.41. The van der Waals surface area contributed by atoms with E-state index in [2.05, 4.69) is 25.5 Å². The average Bonchev–Trinajstić information content (AvgIpc) is 2.68. The molecule has 6 heteroatoms. The monoisotopic (exact) mass is 217 g/mol. The Morgan fingerprint density at radius 1 is 1.31 bits per heavy atom. The van der Waals surface area contributed by atoms with E-state index in [1.807, 2.05) is 6.92 Å². The molecule has 0 unspecified atom stereocenters. The molecule has 2 aromatic rings. The fraction of sp³-hybridized carbons (Fsp3) is 0.200. The van der Waals surface area contributed by atoms with E-state index in [1.165, 1.54) is 0 Å². The number of carbonyl (C=O) groups is 1. The lowest BCUT2D eigenvalue weighted by Gasteiger charge is -2.01. The van der Waals surface area contributed by atoms with Gasteiger partial charge >= 0.3 is 0 Å². The first-order chi connectivity index (χ1) is 7.65. The second-order valence-corrected chi connectivity index (χ2v) is 3.41. The van der Waals surface area contributed by atoms with Crippen molar-refractivity contribution in [3.05, 3.63) is 35.7 Å². The zero-order valence-electron chi connectivity index (χ0n) is 8.98. The molecule has 82 valence electrons. The van der Waals surface area contributed by atoms with Gasteiger partial charge in [0.15, 0.2) is 5.69 Å². The van der Waals surface area contributed by atoms with Crippen LogP contribution in [-0.4, -0.2) is 26.1 Å². The number of nitrogens with zero attached hydrogens (tertiary/aromatic N) is 3. The third-order valence-electron chi connectivity index (χ3n) is 1.98. The Morgan fingerprint density at radius 3 is 2.56 bits per heavy atom. The second kappa shape index (κ2) is 4.09. The molecule has 2 aromatic heterocycles. The minimum Gasteiger partial charge on any atom is -0.318 e. The summed E-state index contributed by atoms with van der Waals surface area (Å²) in [6, 6.07) is 1.67. The van der Waals surface area contributed by atoms with Gasteiger partial charge in [-0.3, -0.25) is 9.89 Å². The molecule has 0 saturated heterocycles. The molecule has 2 N–H and O–H groups in total. The average molecular weight is 217 g/mol. The number of rotatable bonds is 2. The van der Waals surface area contributed by atoms with Gasteiger partial charge in [-0.2, -0.15) is 5.10 Å². The van der Waals surface area contributed by atoms with Crippen molar-refractivity contribution < 1.29 is 4.79 Å². The first kappa shape index (κ1) is 10.3. The van der Waals surface area contributed by atoms with Crippen molar-refractivity contribution in [1.29, 1.82) is 0 Å². The first-order valence-corrected chi connectivity index (χ1v) is 4.77. The van der Waals surface area contributed by atoms with Gasteiger partial charge in [0.05, 0.1) is 18.1 Å². The summed E-state index contributed by atoms with van der Waals surface area (Å²) < 4.78 is 0. The van der Waals surface area contributed by atoms with E-state index in [9.17, 15) is 4.79 Å². The quantitative estimate of drug-likeness (QED) is 0.788. The maximum atomic E-state index is 11.7. The Morgan fingerprint density at radius 2 is 2.00 bits per heavy atom. The number of carbonyl (C=O) groups excluding carboxylic acids is 1. The normalized spacial score (nSPS) is 10.1. The number of anilines is 1. The summed E-state index contributed by atoms with van der Waals surface area (Å²) >= 11 is 0. The Labute approximate surface area is 92.1 Å². The zero-order chi connectivity index (χ0) is 11.5. The van der Waals surface area contributed by atoms with Crippen molar-refractivity contribution in [3.8, 4) is 0 Å². The fourth-order valence-electron chi connectivity index (χ4n) is 1.19. The third kappa shape index (κ3) is 2.22. The lowest BCUT2D eigenvalue weighted by Crippen LogP contribution is -2.12. The Hall–Kier alpha value is -2.24. The van der Waals surface area contributed by atoms with Gasteiger partial charge in [0.2, 0.25) is 0 Å². The highest BCUT2D eigenvalue weighted by atomic mass is 16.1. The van der Waals surface area contributed by atoms with Crippen molar-refractivity contribution in [1.82, 2.24) is 20.2 Å². The first-order valence-electron chi connectivity index (χ1n) is 4.77. The largest absolute Gasteiger partial charge is 0.318 e. The minimum atomic E-state index is -0.281. The highest BCUT2D eigenvalue weighted by molar-refractivity contribution is 6.02. The SMILES string of the molecule is Cc1ncc(NC(=O)c2cc(C)[nH]n2)cn1. The lowest BCUT2D eigenvalue weighted by atomic mass is 10.3. The number of amides is 1. The van der Waals surface area contributed by atoms with Gasteiger partial charge in [-0.05, 0) is 19.9 Å². The molecular formula is C10H11N5O. The number of aromatic nitrogens is 4. The highest BCUT2D eigenvalue weighted by Gasteiger charge is 2.09. The molecule has 0 aliphatic rings. The lowest BCUT2D eigenvalue weighted by molar-refractivity contribution is 0.102. The summed E-state index contributed by atoms with van der Waals surface area (Å²) in [5.74, 6) is 0.380. The number of aromatic amines is 1. The van der Waals surface area contributed by atoms with Crippen LogP contribution in [0.3, 0.4) is 0 Å². The van der Waals surface area contributed by atoms with E-state index in [0.29, 0.717) is 17.2 Å². The molecule has 1 amide bonds. The molecule has 0 bridgehead atoms. The van der Waals surface area contributed by atoms with E-state index in [4.69, 9.17) is 0 Å². The van der Waals surface area contributed by atoms with Crippen LogP contribution in [0.5, 0.6) is 0 Å². The third-order valence-corrected chi connectivity index (χ3v) is 1.98. The summed E-state index contributed by atoms with van der Waals surface area (Å²) in [6.07, 6.45) is 3.11. The Balaban J connectivity index is 2.10. The zero-order valence-corrected chi connectivity index (χ0v) is 8.98. The number of H-pyrrole nitrogens is 1. The summed E-state index contributed by atoms with van der Waals surface area (Å²) in [4.78, 5) is 19.6. The van der Waals surface area contributed by atoms with Crippen LogP contribution in [0.25, 0.3) is 0 Å². The standard InChI is InChI=1S/C10H11N5O/c1-6-3-9(15-14-6)10(16)13-8-4-11-7(2)12-5-8/h3-5H,1-2H3,(H,13,16)(H,14,15). The van der Waals surface area contributed by atoms with Crippen molar-refractivity contribution >= 4 is 11.6 Å². The van der Waals surface area contributed by atoms with Gasteiger partial charge in [0, 0.05) is 5.69 Å². The van der Waals surface area contributed by atoms with Crippen LogP contribution in [-0.2, 0) is 0 Å². The topological polar surface area (TPSA) is 83.6 Å². The van der Waals surface area contributed by atoms with Crippen molar-refractivity contribution in [3.63, 3.8) is 0 Å². The molecule has 2 rings (SSSR count). The molecule has 0 aliphatic carbocycles. The summed E-state index contributed by atoms with van der Waals surface area (Å²) in [5.41, 5.74) is 1.74. The van der Waals surface area contributed by atoms with Gasteiger partial charge < -0.3 is 5.32 Å². The Bertz CT molecular complexity index is 502. The van der Waals surface area contributed by atoms with Crippen LogP contribution in [0.2, 0.25) is 0 Å². The van der Waals surface area contributed by atoms with E-state index < -0.39 is 0 Å². The maximum Gasteiger partial charge on any atom is 0.276 e. The van der Waals surface area contributed by atoms with E-state index in [-0.39, 0.29) is 5.91 Å². The van der Waals surface area contributed by atoms with Crippen molar-refractivity contribution in [2.75, 3.05) is 5.32 Å². The van der Waals surface area contributed by atoms with Gasteiger partial charge in [-0.1, -0.05) is 0 Å². The van der Waals surface area contributed by atoms with Crippen LogP contribution < -0.4 is 5.32 Å². The molecule has 16 heavy (non-hydrogen) atoms. The molecule has 0 saturated carbocycles. The molecule has 0 radical (unpaired) electrons.